The van der Waals surface area contributed by atoms with Gasteiger partial charge in [0.15, 0.2) is 0 Å². The minimum absolute atomic E-state index is 0.0984. The molecule has 0 spiro atoms. The van der Waals surface area contributed by atoms with Gasteiger partial charge in [0.2, 0.25) is 11.8 Å². The highest BCUT2D eigenvalue weighted by molar-refractivity contribution is 5.89. The normalized spacial score (nSPS) is 14.5. The second-order valence-corrected chi connectivity index (χ2v) is 8.35. The first-order valence-electron chi connectivity index (χ1n) is 11.4. The Morgan fingerprint density at radius 2 is 1.82 bits per heavy atom. The maximum atomic E-state index is 13.5. The Morgan fingerprint density at radius 1 is 1.15 bits per heavy atom. The molecule has 33 heavy (non-hydrogen) atoms. The summed E-state index contributed by atoms with van der Waals surface area (Å²) in [4.78, 5) is 39.1. The van der Waals surface area contributed by atoms with Gasteiger partial charge in [-0.2, -0.15) is 0 Å². The van der Waals surface area contributed by atoms with E-state index in [-0.39, 0.29) is 36.5 Å². The van der Waals surface area contributed by atoms with Crippen LogP contribution in [0.1, 0.15) is 50.2 Å². The van der Waals surface area contributed by atoms with Crippen LogP contribution in [0.3, 0.4) is 0 Å². The Bertz CT molecular complexity index is 970. The minimum Gasteiger partial charge on any atom is -0.497 e. The van der Waals surface area contributed by atoms with E-state index in [0.717, 1.165) is 31.2 Å². The number of ether oxygens (including phenoxy) is 1. The second-order valence-electron chi connectivity index (χ2n) is 8.35. The van der Waals surface area contributed by atoms with Gasteiger partial charge in [-0.25, -0.2) is 0 Å². The first kappa shape index (κ1) is 24.2. The fourth-order valence-corrected chi connectivity index (χ4v) is 4.32. The van der Waals surface area contributed by atoms with Gasteiger partial charge in [0.1, 0.15) is 11.8 Å². The van der Waals surface area contributed by atoms with Crippen molar-refractivity contribution in [1.29, 1.82) is 0 Å². The molecule has 1 N–H and O–H groups in total. The summed E-state index contributed by atoms with van der Waals surface area (Å²) >= 11 is 0. The molecule has 1 fully saturated rings. The maximum Gasteiger partial charge on any atom is 0.273 e. The quantitative estimate of drug-likeness (QED) is 0.433. The number of carbonyl (C=O) groups is 2. The summed E-state index contributed by atoms with van der Waals surface area (Å²) in [7, 11) is 1.58. The predicted octanol–water partition coefficient (Wildman–Crippen LogP) is 4.01. The number of para-hydroxylation sites is 1. The summed E-state index contributed by atoms with van der Waals surface area (Å²) < 4.78 is 5.21. The standard InChI is InChI=1S/C25H31N3O5/c1-3-22(25(30)26-20-9-5-6-10-20)27(17-18-12-14-21(33-2)15-13-18)24(29)16-19-8-4-7-11-23(19)28(31)32/h4,7-8,11-15,20,22H,3,5-6,9-10,16-17H2,1-2H3,(H,26,30)/t22-/m0/s1. The Balaban J connectivity index is 1.86. The van der Waals surface area contributed by atoms with Gasteiger partial charge in [0.25, 0.3) is 5.69 Å². The molecular weight excluding hydrogens is 422 g/mol. The van der Waals surface area contributed by atoms with Crippen molar-refractivity contribution in [2.24, 2.45) is 0 Å². The first-order chi connectivity index (χ1) is 15.9. The molecule has 0 radical (unpaired) electrons. The van der Waals surface area contributed by atoms with Crippen LogP contribution in [0.2, 0.25) is 0 Å². The number of nitrogens with one attached hydrogen (secondary N) is 1. The third-order valence-corrected chi connectivity index (χ3v) is 6.13. The molecule has 1 atom stereocenters. The molecule has 0 aromatic heterocycles. The third kappa shape index (κ3) is 6.31. The van der Waals surface area contributed by atoms with Crippen LogP contribution in [0, 0.1) is 10.1 Å². The number of rotatable bonds is 10. The highest BCUT2D eigenvalue weighted by Crippen LogP contribution is 2.23. The van der Waals surface area contributed by atoms with E-state index in [1.54, 1.807) is 42.3 Å². The van der Waals surface area contributed by atoms with Crippen LogP contribution in [0.5, 0.6) is 5.75 Å². The van der Waals surface area contributed by atoms with Crippen LogP contribution >= 0.6 is 0 Å². The number of nitrogens with zero attached hydrogens (tertiary/aromatic N) is 2. The maximum absolute atomic E-state index is 13.5. The van der Waals surface area contributed by atoms with Crippen molar-refractivity contribution in [2.75, 3.05) is 7.11 Å². The van der Waals surface area contributed by atoms with Crippen molar-refractivity contribution in [3.05, 3.63) is 69.8 Å². The number of nitro groups is 1. The number of methoxy groups -OCH3 is 1. The predicted molar refractivity (Wildman–Crippen MR) is 125 cm³/mol. The van der Waals surface area contributed by atoms with Crippen molar-refractivity contribution < 1.29 is 19.2 Å². The van der Waals surface area contributed by atoms with E-state index in [9.17, 15) is 19.7 Å². The topological polar surface area (TPSA) is 102 Å². The second kappa shape index (κ2) is 11.4. The number of nitro benzene ring substituents is 1. The summed E-state index contributed by atoms with van der Waals surface area (Å²) in [5, 5.41) is 14.5. The lowest BCUT2D eigenvalue weighted by atomic mass is 10.0. The van der Waals surface area contributed by atoms with E-state index in [0.29, 0.717) is 17.7 Å². The summed E-state index contributed by atoms with van der Waals surface area (Å²) in [6, 6.07) is 13.0. The van der Waals surface area contributed by atoms with Gasteiger partial charge in [0, 0.05) is 24.2 Å². The van der Waals surface area contributed by atoms with Gasteiger partial charge in [-0.05, 0) is 37.0 Å². The van der Waals surface area contributed by atoms with Gasteiger partial charge >= 0.3 is 0 Å². The molecule has 8 heteroatoms. The van der Waals surface area contributed by atoms with E-state index in [4.69, 9.17) is 4.74 Å². The van der Waals surface area contributed by atoms with Crippen LogP contribution in [0.4, 0.5) is 5.69 Å². The minimum atomic E-state index is -0.664. The van der Waals surface area contributed by atoms with Crippen LogP contribution in [0.25, 0.3) is 0 Å². The summed E-state index contributed by atoms with van der Waals surface area (Å²) in [5.41, 5.74) is 1.08. The van der Waals surface area contributed by atoms with Crippen molar-refractivity contribution in [2.45, 2.75) is 64.1 Å². The van der Waals surface area contributed by atoms with E-state index in [2.05, 4.69) is 5.32 Å². The molecule has 3 rings (SSSR count). The molecule has 0 heterocycles. The Morgan fingerprint density at radius 3 is 2.42 bits per heavy atom. The van der Waals surface area contributed by atoms with Gasteiger partial charge < -0.3 is 15.0 Å². The smallest absolute Gasteiger partial charge is 0.273 e. The van der Waals surface area contributed by atoms with Gasteiger partial charge in [-0.3, -0.25) is 19.7 Å². The molecule has 2 aromatic carbocycles. The van der Waals surface area contributed by atoms with Crippen molar-refractivity contribution >= 4 is 17.5 Å². The zero-order chi connectivity index (χ0) is 23.8. The molecule has 2 aromatic rings. The number of hydrogen-bond donors (Lipinski definition) is 1. The van der Waals surface area contributed by atoms with Crippen LogP contribution in [-0.4, -0.2) is 40.8 Å². The molecule has 8 nitrogen and oxygen atoms in total. The Kier molecular flexibility index (Phi) is 8.40. The van der Waals surface area contributed by atoms with Crippen molar-refractivity contribution in [3.63, 3.8) is 0 Å². The first-order valence-corrected chi connectivity index (χ1v) is 11.4. The molecule has 1 aliphatic carbocycles. The SMILES string of the molecule is CC[C@@H](C(=O)NC1CCCC1)N(Cc1ccc(OC)cc1)C(=O)Cc1ccccc1[N+](=O)[O-]. The molecule has 2 amide bonds. The number of carbonyl (C=O) groups excluding carboxylic acids is 2. The average molecular weight is 454 g/mol. The Labute approximate surface area is 194 Å². The molecule has 1 saturated carbocycles. The van der Waals surface area contributed by atoms with Crippen LogP contribution in [-0.2, 0) is 22.6 Å². The molecule has 1 aliphatic rings. The van der Waals surface area contributed by atoms with E-state index in [1.165, 1.54) is 6.07 Å². The lowest BCUT2D eigenvalue weighted by Crippen LogP contribution is -2.51. The van der Waals surface area contributed by atoms with E-state index >= 15 is 0 Å². The molecule has 0 bridgehead atoms. The van der Waals surface area contributed by atoms with Gasteiger partial charge in [-0.1, -0.05) is 50.1 Å². The van der Waals surface area contributed by atoms with Gasteiger partial charge in [-0.15, -0.1) is 0 Å². The number of hydrogen-bond acceptors (Lipinski definition) is 5. The fraction of sp³-hybridized carbons (Fsp3) is 0.440. The fourth-order valence-electron chi connectivity index (χ4n) is 4.32. The zero-order valence-corrected chi connectivity index (χ0v) is 19.2. The van der Waals surface area contributed by atoms with Crippen molar-refractivity contribution in [3.8, 4) is 5.75 Å². The summed E-state index contributed by atoms with van der Waals surface area (Å²) in [5.74, 6) is 0.199. The largest absolute Gasteiger partial charge is 0.497 e. The zero-order valence-electron chi connectivity index (χ0n) is 19.2. The molecular formula is C25H31N3O5. The highest BCUT2D eigenvalue weighted by atomic mass is 16.6. The van der Waals surface area contributed by atoms with E-state index in [1.807, 2.05) is 19.1 Å². The average Bonchev–Trinajstić information content (AvgIpc) is 3.32. The van der Waals surface area contributed by atoms with E-state index < -0.39 is 11.0 Å². The molecule has 0 unspecified atom stereocenters. The lowest BCUT2D eigenvalue weighted by molar-refractivity contribution is -0.385. The molecule has 0 saturated heterocycles. The lowest BCUT2D eigenvalue weighted by Gasteiger charge is -2.31. The van der Waals surface area contributed by atoms with Crippen LogP contribution < -0.4 is 10.1 Å². The molecule has 0 aliphatic heterocycles. The number of benzene rings is 2. The molecule has 176 valence electrons. The Hall–Kier alpha value is -3.42. The monoisotopic (exact) mass is 453 g/mol. The number of amides is 2. The summed E-state index contributed by atoms with van der Waals surface area (Å²) in [6.45, 7) is 2.10. The highest BCUT2D eigenvalue weighted by Gasteiger charge is 2.31. The van der Waals surface area contributed by atoms with Crippen LogP contribution in [0.15, 0.2) is 48.5 Å². The van der Waals surface area contributed by atoms with Gasteiger partial charge in [0.05, 0.1) is 18.5 Å². The third-order valence-electron chi connectivity index (χ3n) is 6.13. The summed E-state index contributed by atoms with van der Waals surface area (Å²) in [6.07, 6.45) is 4.37. The van der Waals surface area contributed by atoms with Crippen molar-refractivity contribution in [1.82, 2.24) is 10.2 Å².